The Morgan fingerprint density at radius 3 is 2.60 bits per heavy atom. The summed E-state index contributed by atoms with van der Waals surface area (Å²) in [7, 11) is 0. The summed E-state index contributed by atoms with van der Waals surface area (Å²) in [5.74, 6) is -0.663. The predicted molar refractivity (Wildman–Crippen MR) is 55.8 cm³/mol. The van der Waals surface area contributed by atoms with Crippen molar-refractivity contribution in [2.75, 3.05) is 5.33 Å². The van der Waals surface area contributed by atoms with E-state index in [0.717, 1.165) is 12.1 Å². The van der Waals surface area contributed by atoms with E-state index in [2.05, 4.69) is 15.9 Å². The molecule has 5 heteroatoms. The van der Waals surface area contributed by atoms with Crippen LogP contribution in [0.2, 0.25) is 0 Å². The Balaban J connectivity index is 2.98. The SMILES string of the molecule is O=C(CCBr)c1ccc(C(F)F)cc1O. The number of rotatable bonds is 4. The highest BCUT2D eigenvalue weighted by atomic mass is 79.9. The minimum atomic E-state index is -2.64. The number of carbonyl (C=O) groups excluding carboxylic acids is 1. The van der Waals surface area contributed by atoms with Crippen molar-refractivity contribution in [2.24, 2.45) is 0 Å². The van der Waals surface area contributed by atoms with Gasteiger partial charge in [-0.05, 0) is 12.1 Å². The lowest BCUT2D eigenvalue weighted by molar-refractivity contribution is 0.0986. The Labute approximate surface area is 94.0 Å². The maximum Gasteiger partial charge on any atom is 0.263 e. The van der Waals surface area contributed by atoms with Gasteiger partial charge in [0.1, 0.15) is 5.75 Å². The molecule has 1 N–H and O–H groups in total. The van der Waals surface area contributed by atoms with Crippen LogP contribution in [0.15, 0.2) is 18.2 Å². The number of benzene rings is 1. The molecule has 0 saturated carbocycles. The minimum Gasteiger partial charge on any atom is -0.507 e. The summed E-state index contributed by atoms with van der Waals surface area (Å²) in [6.07, 6.45) is -2.42. The normalized spacial score (nSPS) is 10.7. The number of Topliss-reactive ketones (excluding diaryl/α,β-unsaturated/α-hetero) is 1. The number of hydrogen-bond donors (Lipinski definition) is 1. The molecule has 0 atom stereocenters. The molecule has 0 heterocycles. The van der Waals surface area contributed by atoms with Crippen molar-refractivity contribution in [1.29, 1.82) is 0 Å². The molecule has 0 saturated heterocycles. The first-order valence-electron chi connectivity index (χ1n) is 4.26. The zero-order valence-electron chi connectivity index (χ0n) is 7.71. The number of aromatic hydroxyl groups is 1. The average Bonchev–Trinajstić information content (AvgIpc) is 2.17. The average molecular weight is 279 g/mol. The Morgan fingerprint density at radius 2 is 2.13 bits per heavy atom. The van der Waals surface area contributed by atoms with Gasteiger partial charge in [-0.1, -0.05) is 22.0 Å². The third-order valence-electron chi connectivity index (χ3n) is 1.90. The molecule has 1 aromatic rings. The first-order valence-corrected chi connectivity index (χ1v) is 5.38. The summed E-state index contributed by atoms with van der Waals surface area (Å²) in [4.78, 5) is 11.4. The first kappa shape index (κ1) is 12.1. The molecule has 0 radical (unpaired) electrons. The number of hydrogen-bond acceptors (Lipinski definition) is 2. The number of phenols is 1. The molecule has 0 fully saturated rings. The van der Waals surface area contributed by atoms with Crippen molar-refractivity contribution in [2.45, 2.75) is 12.8 Å². The molecule has 0 aromatic heterocycles. The van der Waals surface area contributed by atoms with Crippen LogP contribution in [0, 0.1) is 0 Å². The van der Waals surface area contributed by atoms with Crippen molar-refractivity contribution >= 4 is 21.7 Å². The fourth-order valence-electron chi connectivity index (χ4n) is 1.14. The Kier molecular flexibility index (Phi) is 4.20. The summed E-state index contributed by atoms with van der Waals surface area (Å²) in [5, 5.41) is 9.84. The van der Waals surface area contributed by atoms with Crippen molar-refractivity contribution in [3.63, 3.8) is 0 Å². The quantitative estimate of drug-likeness (QED) is 0.678. The van der Waals surface area contributed by atoms with Gasteiger partial charge in [0.05, 0.1) is 5.56 Å². The highest BCUT2D eigenvalue weighted by Gasteiger charge is 2.14. The molecule has 0 spiro atoms. The fraction of sp³-hybridized carbons (Fsp3) is 0.300. The van der Waals surface area contributed by atoms with E-state index in [0.29, 0.717) is 5.33 Å². The fourth-order valence-corrected chi connectivity index (χ4v) is 1.50. The van der Waals surface area contributed by atoms with Gasteiger partial charge in [0.15, 0.2) is 5.78 Å². The van der Waals surface area contributed by atoms with E-state index in [-0.39, 0.29) is 23.3 Å². The molecule has 2 nitrogen and oxygen atoms in total. The summed E-state index contributed by atoms with van der Waals surface area (Å²) in [6.45, 7) is 0. The van der Waals surface area contributed by atoms with Gasteiger partial charge in [-0.25, -0.2) is 8.78 Å². The third-order valence-corrected chi connectivity index (χ3v) is 2.29. The Morgan fingerprint density at radius 1 is 1.47 bits per heavy atom. The van der Waals surface area contributed by atoms with Crippen LogP contribution in [0.3, 0.4) is 0 Å². The van der Waals surface area contributed by atoms with E-state index in [1.54, 1.807) is 0 Å². The van der Waals surface area contributed by atoms with Crippen LogP contribution in [0.5, 0.6) is 5.75 Å². The van der Waals surface area contributed by atoms with Gasteiger partial charge in [0.25, 0.3) is 6.43 Å². The number of carbonyl (C=O) groups is 1. The van der Waals surface area contributed by atoms with Gasteiger partial charge in [0.2, 0.25) is 0 Å². The van der Waals surface area contributed by atoms with E-state index in [1.165, 1.54) is 6.07 Å². The van der Waals surface area contributed by atoms with E-state index in [1.807, 2.05) is 0 Å². The van der Waals surface area contributed by atoms with Crippen LogP contribution >= 0.6 is 15.9 Å². The zero-order valence-corrected chi connectivity index (χ0v) is 9.30. The summed E-state index contributed by atoms with van der Waals surface area (Å²) >= 11 is 3.09. The lowest BCUT2D eigenvalue weighted by atomic mass is 10.1. The lowest BCUT2D eigenvalue weighted by Gasteiger charge is -2.05. The number of ketones is 1. The molecule has 0 amide bonds. The minimum absolute atomic E-state index is 0.0823. The molecule has 1 aromatic carbocycles. The monoisotopic (exact) mass is 278 g/mol. The van der Waals surface area contributed by atoms with Gasteiger partial charge < -0.3 is 5.11 Å². The second-order valence-electron chi connectivity index (χ2n) is 2.94. The van der Waals surface area contributed by atoms with Crippen LogP contribution in [-0.2, 0) is 0 Å². The van der Waals surface area contributed by atoms with Gasteiger partial charge in [-0.15, -0.1) is 0 Å². The van der Waals surface area contributed by atoms with Crippen molar-refractivity contribution in [3.05, 3.63) is 29.3 Å². The maximum atomic E-state index is 12.2. The lowest BCUT2D eigenvalue weighted by Crippen LogP contribution is -2.00. The largest absolute Gasteiger partial charge is 0.507 e. The van der Waals surface area contributed by atoms with Crippen LogP contribution in [-0.4, -0.2) is 16.2 Å². The zero-order chi connectivity index (χ0) is 11.4. The maximum absolute atomic E-state index is 12.2. The molecule has 1 rings (SSSR count). The Hall–Kier alpha value is -0.970. The molecular formula is C10H9BrF2O2. The summed E-state index contributed by atoms with van der Waals surface area (Å²) < 4.78 is 24.4. The smallest absolute Gasteiger partial charge is 0.263 e. The predicted octanol–water partition coefficient (Wildman–Crippen LogP) is 3.30. The third kappa shape index (κ3) is 2.99. The Bertz CT molecular complexity index is 366. The van der Waals surface area contributed by atoms with E-state index in [4.69, 9.17) is 0 Å². The van der Waals surface area contributed by atoms with Gasteiger partial charge in [-0.2, -0.15) is 0 Å². The van der Waals surface area contributed by atoms with Crippen molar-refractivity contribution < 1.29 is 18.7 Å². The molecule has 82 valence electrons. The molecule has 0 aliphatic carbocycles. The molecule has 0 unspecified atom stereocenters. The summed E-state index contributed by atoms with van der Waals surface area (Å²) in [6, 6.07) is 3.29. The van der Waals surface area contributed by atoms with Gasteiger partial charge >= 0.3 is 0 Å². The molecule has 0 aliphatic rings. The van der Waals surface area contributed by atoms with E-state index in [9.17, 15) is 18.7 Å². The van der Waals surface area contributed by atoms with E-state index >= 15 is 0 Å². The van der Waals surface area contributed by atoms with Crippen molar-refractivity contribution in [1.82, 2.24) is 0 Å². The highest BCUT2D eigenvalue weighted by molar-refractivity contribution is 9.09. The first-order chi connectivity index (χ1) is 7.06. The van der Waals surface area contributed by atoms with Crippen LogP contribution in [0.25, 0.3) is 0 Å². The molecular weight excluding hydrogens is 270 g/mol. The molecule has 0 bridgehead atoms. The van der Waals surface area contributed by atoms with Crippen LogP contribution in [0.4, 0.5) is 8.78 Å². The number of phenolic OH excluding ortho intramolecular Hbond substituents is 1. The van der Waals surface area contributed by atoms with Crippen LogP contribution < -0.4 is 0 Å². The standard InChI is InChI=1S/C10H9BrF2O2/c11-4-3-8(14)7-2-1-6(10(12)13)5-9(7)15/h1-2,5,10,15H,3-4H2. The molecule has 15 heavy (non-hydrogen) atoms. The van der Waals surface area contributed by atoms with Gasteiger partial charge in [0, 0.05) is 17.3 Å². The van der Waals surface area contributed by atoms with Crippen LogP contribution in [0.1, 0.15) is 28.8 Å². The second-order valence-corrected chi connectivity index (χ2v) is 3.73. The highest BCUT2D eigenvalue weighted by Crippen LogP contribution is 2.26. The topological polar surface area (TPSA) is 37.3 Å². The molecule has 0 aliphatic heterocycles. The van der Waals surface area contributed by atoms with Gasteiger partial charge in [-0.3, -0.25) is 4.79 Å². The number of alkyl halides is 3. The second kappa shape index (κ2) is 5.21. The van der Waals surface area contributed by atoms with E-state index < -0.39 is 12.2 Å². The summed E-state index contributed by atoms with van der Waals surface area (Å²) in [5.41, 5.74) is -0.207. The number of halogens is 3. The van der Waals surface area contributed by atoms with Crippen molar-refractivity contribution in [3.8, 4) is 5.75 Å².